The monoisotopic (exact) mass is 640 g/mol. The molecule has 0 bridgehead atoms. The number of carboxylic acid groups (broad SMARTS) is 2. The molecule has 2 N–H and O–H groups in total. The molecule has 0 aromatic carbocycles. The summed E-state index contributed by atoms with van der Waals surface area (Å²) in [5, 5.41) is 14.2. The molecule has 4 rings (SSSR count). The van der Waals surface area contributed by atoms with E-state index in [2.05, 4.69) is 35.6 Å². The highest BCUT2D eigenvalue weighted by molar-refractivity contribution is 5.94. The van der Waals surface area contributed by atoms with Crippen LogP contribution in [0.4, 0.5) is 26.3 Å². The maximum Gasteiger partial charge on any atom is 0.490 e. The van der Waals surface area contributed by atoms with Crippen LogP contribution < -0.4 is 0 Å². The summed E-state index contributed by atoms with van der Waals surface area (Å²) in [5.74, 6) is -4.49. The molecular weight excluding hydrogens is 602 g/mol. The van der Waals surface area contributed by atoms with Gasteiger partial charge in [0.2, 0.25) is 5.91 Å². The van der Waals surface area contributed by atoms with Crippen LogP contribution in [0.1, 0.15) is 56.0 Å². The fourth-order valence-electron chi connectivity index (χ4n) is 6.24. The van der Waals surface area contributed by atoms with Crippen LogP contribution in [-0.2, 0) is 14.4 Å². The number of likely N-dealkylation sites (tertiary alicyclic amines) is 3. The van der Waals surface area contributed by atoms with Crippen molar-refractivity contribution in [1.29, 1.82) is 0 Å². The average molecular weight is 641 g/mol. The Morgan fingerprint density at radius 3 is 1.86 bits per heavy atom. The van der Waals surface area contributed by atoms with Gasteiger partial charge in [0, 0.05) is 63.6 Å². The zero-order valence-corrected chi connectivity index (χ0v) is 25.0. The summed E-state index contributed by atoms with van der Waals surface area (Å²) in [7, 11) is 0. The smallest absolute Gasteiger partial charge is 0.475 e. The minimum Gasteiger partial charge on any atom is -0.475 e. The number of pyridine rings is 1. The highest BCUT2D eigenvalue weighted by Gasteiger charge is 2.65. The lowest BCUT2D eigenvalue weighted by atomic mass is 9.60. The number of hydrogen-bond donors (Lipinski definition) is 2. The van der Waals surface area contributed by atoms with E-state index in [0.717, 1.165) is 70.6 Å². The molecular formula is C28H38F6N4O6. The van der Waals surface area contributed by atoms with Crippen LogP contribution in [0.15, 0.2) is 18.5 Å². The average Bonchev–Trinajstić information content (AvgIpc) is 3.39. The molecule has 2 amide bonds. The molecule has 0 radical (unpaired) electrons. The Labute approximate surface area is 251 Å². The predicted molar refractivity (Wildman–Crippen MR) is 145 cm³/mol. The van der Waals surface area contributed by atoms with E-state index in [-0.39, 0.29) is 16.7 Å². The summed E-state index contributed by atoms with van der Waals surface area (Å²) in [6.07, 6.45) is -3.94. The Balaban J connectivity index is 0.000000402. The second-order valence-electron chi connectivity index (χ2n) is 11.7. The number of nitrogens with zero attached hydrogens (tertiary/aromatic N) is 4. The Bertz CT molecular complexity index is 1180. The number of aromatic nitrogens is 1. The van der Waals surface area contributed by atoms with Gasteiger partial charge in [-0.3, -0.25) is 14.6 Å². The number of aliphatic carboxylic acids is 2. The lowest BCUT2D eigenvalue weighted by Crippen LogP contribution is -2.53. The molecule has 1 aromatic rings. The molecule has 44 heavy (non-hydrogen) atoms. The lowest BCUT2D eigenvalue weighted by molar-refractivity contribution is -0.193. The molecule has 1 unspecified atom stereocenters. The first-order valence-electron chi connectivity index (χ1n) is 14.0. The standard InChI is InChI=1S/C24H36N4O2.2C2HF3O2/c1-5-27-11-8-24(22(27)30)17-26(15-18(2)3)16-23(24)6-9-28(10-7-23)21(29)20-12-19(4)13-25-14-20;2*3-2(4,5)1(6)7/h12-14,18H,5-11,15-17H2,1-4H3;2*(H,6,7). The normalized spacial score (nSPS) is 21.7. The van der Waals surface area contributed by atoms with Crippen molar-refractivity contribution < 1.29 is 55.7 Å². The van der Waals surface area contributed by atoms with Crippen molar-refractivity contribution in [2.75, 3.05) is 45.8 Å². The van der Waals surface area contributed by atoms with Gasteiger partial charge in [-0.05, 0) is 50.7 Å². The van der Waals surface area contributed by atoms with Gasteiger partial charge in [0.05, 0.1) is 11.0 Å². The third-order valence-corrected chi connectivity index (χ3v) is 8.16. The second kappa shape index (κ2) is 14.1. The Morgan fingerprint density at radius 1 is 0.932 bits per heavy atom. The molecule has 4 heterocycles. The largest absolute Gasteiger partial charge is 0.490 e. The van der Waals surface area contributed by atoms with Gasteiger partial charge in [-0.25, -0.2) is 9.59 Å². The Kier molecular flexibility index (Phi) is 11.8. The number of hydrogen-bond acceptors (Lipinski definition) is 6. The number of aryl methyl sites for hydroxylation is 1. The van der Waals surface area contributed by atoms with Crippen molar-refractivity contribution in [1.82, 2.24) is 19.7 Å². The number of carbonyl (C=O) groups is 4. The van der Waals surface area contributed by atoms with E-state index in [9.17, 15) is 35.9 Å². The van der Waals surface area contributed by atoms with E-state index >= 15 is 0 Å². The van der Waals surface area contributed by atoms with Crippen LogP contribution >= 0.6 is 0 Å². The number of amides is 2. The molecule has 16 heteroatoms. The van der Waals surface area contributed by atoms with Crippen molar-refractivity contribution in [2.24, 2.45) is 16.7 Å². The van der Waals surface area contributed by atoms with Gasteiger partial charge in [-0.15, -0.1) is 0 Å². The van der Waals surface area contributed by atoms with E-state index in [1.54, 1.807) is 12.4 Å². The molecule has 3 saturated heterocycles. The van der Waals surface area contributed by atoms with Crippen molar-refractivity contribution >= 4 is 23.8 Å². The second-order valence-corrected chi connectivity index (χ2v) is 11.7. The Hall–Kier alpha value is -3.43. The van der Waals surface area contributed by atoms with Gasteiger partial charge < -0.3 is 24.9 Å². The summed E-state index contributed by atoms with van der Waals surface area (Å²) in [6, 6.07) is 1.92. The number of piperidine rings is 1. The van der Waals surface area contributed by atoms with Crippen LogP contribution in [0.5, 0.6) is 0 Å². The van der Waals surface area contributed by atoms with Crippen molar-refractivity contribution in [3.05, 3.63) is 29.6 Å². The number of carbonyl (C=O) groups excluding carboxylic acids is 2. The van der Waals surface area contributed by atoms with Crippen LogP contribution in [0, 0.1) is 23.7 Å². The first kappa shape index (κ1) is 36.8. The number of carboxylic acids is 2. The molecule has 10 nitrogen and oxygen atoms in total. The van der Waals surface area contributed by atoms with Crippen LogP contribution in [0.25, 0.3) is 0 Å². The van der Waals surface area contributed by atoms with Crippen molar-refractivity contribution in [2.45, 2.75) is 59.3 Å². The third-order valence-electron chi connectivity index (χ3n) is 8.16. The van der Waals surface area contributed by atoms with Gasteiger partial charge in [0.1, 0.15) is 0 Å². The van der Waals surface area contributed by atoms with E-state index in [1.807, 2.05) is 17.9 Å². The van der Waals surface area contributed by atoms with Crippen molar-refractivity contribution in [3.63, 3.8) is 0 Å². The van der Waals surface area contributed by atoms with Crippen molar-refractivity contribution in [3.8, 4) is 0 Å². The predicted octanol–water partition coefficient (Wildman–Crippen LogP) is 4.09. The van der Waals surface area contributed by atoms with Gasteiger partial charge >= 0.3 is 24.3 Å². The molecule has 0 aliphatic carbocycles. The van der Waals surface area contributed by atoms with Crippen LogP contribution in [0.3, 0.4) is 0 Å². The van der Waals surface area contributed by atoms with Gasteiger partial charge in [0.25, 0.3) is 5.91 Å². The fraction of sp³-hybridized carbons (Fsp3) is 0.679. The number of fused-ring (bicyclic) bond motifs is 1. The first-order valence-corrected chi connectivity index (χ1v) is 14.0. The number of halogens is 6. The molecule has 3 aliphatic rings. The minimum absolute atomic E-state index is 0.00940. The maximum atomic E-state index is 13.6. The summed E-state index contributed by atoms with van der Waals surface area (Å²) < 4.78 is 63.5. The quantitative estimate of drug-likeness (QED) is 0.471. The summed E-state index contributed by atoms with van der Waals surface area (Å²) in [6.45, 7) is 14.6. The maximum absolute atomic E-state index is 13.6. The molecule has 1 atom stereocenters. The highest BCUT2D eigenvalue weighted by atomic mass is 19.4. The van der Waals surface area contributed by atoms with Gasteiger partial charge in [-0.2, -0.15) is 26.3 Å². The fourth-order valence-corrected chi connectivity index (χ4v) is 6.24. The Morgan fingerprint density at radius 2 is 1.45 bits per heavy atom. The molecule has 2 spiro atoms. The number of rotatable bonds is 4. The molecule has 1 aromatic heterocycles. The molecule has 3 aliphatic heterocycles. The molecule has 0 saturated carbocycles. The summed E-state index contributed by atoms with van der Waals surface area (Å²) in [4.78, 5) is 55.1. The SMILES string of the molecule is CCN1CCC2(CN(CC(C)C)CC23CCN(C(=O)c2cncc(C)c2)CC3)C1=O.O=C(O)C(F)(F)F.O=C(O)C(F)(F)F. The summed E-state index contributed by atoms with van der Waals surface area (Å²) in [5.41, 5.74) is 1.40. The third kappa shape index (κ3) is 8.60. The zero-order valence-electron chi connectivity index (χ0n) is 25.0. The van der Waals surface area contributed by atoms with E-state index in [4.69, 9.17) is 19.8 Å². The van der Waals surface area contributed by atoms with E-state index < -0.39 is 24.3 Å². The minimum atomic E-state index is -5.08. The molecule has 248 valence electrons. The topological polar surface area (TPSA) is 131 Å². The highest BCUT2D eigenvalue weighted by Crippen LogP contribution is 2.58. The van der Waals surface area contributed by atoms with E-state index in [0.29, 0.717) is 17.4 Å². The zero-order chi connectivity index (χ0) is 33.7. The van der Waals surface area contributed by atoms with Gasteiger partial charge in [-0.1, -0.05) is 13.8 Å². The number of alkyl halides is 6. The lowest BCUT2D eigenvalue weighted by Gasteiger charge is -2.47. The first-order chi connectivity index (χ1) is 20.2. The van der Waals surface area contributed by atoms with E-state index in [1.165, 1.54) is 0 Å². The summed E-state index contributed by atoms with van der Waals surface area (Å²) >= 11 is 0. The van der Waals surface area contributed by atoms with Crippen LogP contribution in [0.2, 0.25) is 0 Å². The van der Waals surface area contributed by atoms with Crippen LogP contribution in [-0.4, -0.2) is 112 Å². The van der Waals surface area contributed by atoms with Gasteiger partial charge in [0.15, 0.2) is 0 Å². The molecule has 3 fully saturated rings.